The van der Waals surface area contributed by atoms with Crippen molar-refractivity contribution in [3.63, 3.8) is 0 Å². The lowest BCUT2D eigenvalue weighted by Crippen LogP contribution is -2.45. The Kier molecular flexibility index (Phi) is 3.13. The van der Waals surface area contributed by atoms with Crippen LogP contribution in [0.15, 0.2) is 0 Å². The first-order valence-electron chi connectivity index (χ1n) is 5.99. The van der Waals surface area contributed by atoms with Gasteiger partial charge in [0.15, 0.2) is 0 Å². The standard InChI is InChI=1S/C12H23NS/c1-12(2,9-14)8-13-10-4-3-5-11(13)7-6-10/h10-11,14H,3-9H2,1-2H3. The predicted molar refractivity (Wildman–Crippen MR) is 65.0 cm³/mol. The minimum atomic E-state index is 0.390. The Bertz CT molecular complexity index is 186. The van der Waals surface area contributed by atoms with Crippen molar-refractivity contribution in [3.8, 4) is 0 Å². The smallest absolute Gasteiger partial charge is 0.00990 e. The van der Waals surface area contributed by atoms with Crippen molar-refractivity contribution in [1.29, 1.82) is 0 Å². The van der Waals surface area contributed by atoms with Gasteiger partial charge >= 0.3 is 0 Å². The van der Waals surface area contributed by atoms with E-state index in [0.29, 0.717) is 5.41 Å². The molecule has 2 aliphatic rings. The summed E-state index contributed by atoms with van der Waals surface area (Å²) in [6.45, 7) is 5.94. The number of hydrogen-bond acceptors (Lipinski definition) is 2. The molecule has 0 aromatic rings. The van der Waals surface area contributed by atoms with E-state index in [1.165, 1.54) is 38.6 Å². The summed E-state index contributed by atoms with van der Waals surface area (Å²) in [5.41, 5.74) is 0.390. The lowest BCUT2D eigenvalue weighted by Gasteiger charge is -2.39. The first kappa shape index (κ1) is 10.8. The van der Waals surface area contributed by atoms with Gasteiger partial charge in [0.1, 0.15) is 0 Å². The lowest BCUT2D eigenvalue weighted by molar-refractivity contribution is 0.0979. The van der Waals surface area contributed by atoms with Crippen LogP contribution < -0.4 is 0 Å². The number of fused-ring (bicyclic) bond motifs is 2. The molecule has 2 aliphatic heterocycles. The average Bonchev–Trinajstić information content (AvgIpc) is 2.41. The molecule has 0 aliphatic carbocycles. The van der Waals surface area contributed by atoms with E-state index in [1.807, 2.05) is 0 Å². The van der Waals surface area contributed by atoms with Crippen molar-refractivity contribution in [2.75, 3.05) is 12.3 Å². The van der Waals surface area contributed by atoms with Crippen LogP contribution in [-0.4, -0.2) is 29.3 Å². The molecule has 0 radical (unpaired) electrons. The summed E-state index contributed by atoms with van der Waals surface area (Å²) >= 11 is 4.45. The molecule has 2 heteroatoms. The molecule has 2 bridgehead atoms. The zero-order valence-corrected chi connectivity index (χ0v) is 10.4. The fourth-order valence-electron chi connectivity index (χ4n) is 3.03. The predicted octanol–water partition coefficient (Wildman–Crippen LogP) is 2.96. The molecular weight excluding hydrogens is 190 g/mol. The average molecular weight is 213 g/mol. The second kappa shape index (κ2) is 4.05. The van der Waals surface area contributed by atoms with Gasteiger partial charge in [0.25, 0.3) is 0 Å². The lowest BCUT2D eigenvalue weighted by atomic mass is 9.92. The van der Waals surface area contributed by atoms with Crippen molar-refractivity contribution in [3.05, 3.63) is 0 Å². The highest BCUT2D eigenvalue weighted by Crippen LogP contribution is 2.37. The van der Waals surface area contributed by atoms with Crippen LogP contribution in [0, 0.1) is 5.41 Å². The van der Waals surface area contributed by atoms with Crippen LogP contribution in [0.1, 0.15) is 46.0 Å². The summed E-state index contributed by atoms with van der Waals surface area (Å²) < 4.78 is 0. The number of hydrogen-bond donors (Lipinski definition) is 1. The number of piperidine rings is 1. The van der Waals surface area contributed by atoms with Crippen molar-refractivity contribution >= 4 is 12.6 Å². The quantitative estimate of drug-likeness (QED) is 0.706. The Morgan fingerprint density at radius 1 is 1.14 bits per heavy atom. The second-order valence-corrected chi connectivity index (χ2v) is 6.13. The molecule has 0 amide bonds. The van der Waals surface area contributed by atoms with Crippen LogP contribution in [0.5, 0.6) is 0 Å². The summed E-state index contributed by atoms with van der Waals surface area (Å²) in [7, 11) is 0. The SMILES string of the molecule is CC(C)(CS)CN1C2CCCC1CC2. The monoisotopic (exact) mass is 213 g/mol. The highest BCUT2D eigenvalue weighted by molar-refractivity contribution is 7.80. The molecule has 2 fully saturated rings. The van der Waals surface area contributed by atoms with Crippen molar-refractivity contribution in [1.82, 2.24) is 4.90 Å². The Morgan fingerprint density at radius 3 is 2.21 bits per heavy atom. The van der Waals surface area contributed by atoms with Gasteiger partial charge in [-0.15, -0.1) is 0 Å². The molecule has 0 N–H and O–H groups in total. The van der Waals surface area contributed by atoms with Crippen molar-refractivity contribution in [2.24, 2.45) is 5.41 Å². The van der Waals surface area contributed by atoms with Crippen LogP contribution >= 0.6 is 12.6 Å². The van der Waals surface area contributed by atoms with Crippen LogP contribution in [0.25, 0.3) is 0 Å². The topological polar surface area (TPSA) is 3.24 Å². The van der Waals surface area contributed by atoms with E-state index >= 15 is 0 Å². The molecule has 0 spiro atoms. The number of thiol groups is 1. The summed E-state index contributed by atoms with van der Waals surface area (Å²) in [5, 5.41) is 0. The zero-order chi connectivity index (χ0) is 10.2. The fourth-order valence-corrected chi connectivity index (χ4v) is 3.13. The molecule has 0 saturated carbocycles. The van der Waals surface area contributed by atoms with E-state index in [9.17, 15) is 0 Å². The normalized spacial score (nSPS) is 33.6. The number of rotatable bonds is 3. The van der Waals surface area contributed by atoms with Gasteiger partial charge in [0, 0.05) is 18.6 Å². The van der Waals surface area contributed by atoms with Crippen LogP contribution in [0.3, 0.4) is 0 Å². The Balaban J connectivity index is 1.98. The Morgan fingerprint density at radius 2 is 1.71 bits per heavy atom. The Labute approximate surface area is 93.7 Å². The van der Waals surface area contributed by atoms with Gasteiger partial charge in [-0.2, -0.15) is 12.6 Å². The van der Waals surface area contributed by atoms with Gasteiger partial charge in [0.05, 0.1) is 0 Å². The van der Waals surface area contributed by atoms with Crippen LogP contribution in [0.2, 0.25) is 0 Å². The fraction of sp³-hybridized carbons (Fsp3) is 1.00. The molecule has 0 aromatic heterocycles. The highest BCUT2D eigenvalue weighted by atomic mass is 32.1. The summed E-state index contributed by atoms with van der Waals surface area (Å²) in [4.78, 5) is 2.78. The maximum absolute atomic E-state index is 4.45. The molecule has 82 valence electrons. The zero-order valence-electron chi connectivity index (χ0n) is 9.50. The van der Waals surface area contributed by atoms with E-state index in [4.69, 9.17) is 0 Å². The first-order chi connectivity index (χ1) is 6.62. The molecule has 2 saturated heterocycles. The maximum atomic E-state index is 4.45. The van der Waals surface area contributed by atoms with Crippen LogP contribution in [0.4, 0.5) is 0 Å². The minimum Gasteiger partial charge on any atom is -0.297 e. The third kappa shape index (κ3) is 2.11. The third-order valence-corrected chi connectivity index (χ3v) is 4.74. The highest BCUT2D eigenvalue weighted by Gasteiger charge is 2.38. The molecule has 0 aromatic carbocycles. The van der Waals surface area contributed by atoms with Gasteiger partial charge in [0.2, 0.25) is 0 Å². The van der Waals surface area contributed by atoms with Gasteiger partial charge in [-0.1, -0.05) is 20.3 Å². The summed E-state index contributed by atoms with van der Waals surface area (Å²) in [5.74, 6) is 1.00. The van der Waals surface area contributed by atoms with Crippen LogP contribution in [-0.2, 0) is 0 Å². The van der Waals surface area contributed by atoms with Gasteiger partial charge in [-0.3, -0.25) is 4.90 Å². The van der Waals surface area contributed by atoms with Gasteiger partial charge in [-0.05, 0) is 36.9 Å². The van der Waals surface area contributed by atoms with Crippen molar-refractivity contribution in [2.45, 2.75) is 58.0 Å². The molecule has 2 rings (SSSR count). The molecule has 14 heavy (non-hydrogen) atoms. The van der Waals surface area contributed by atoms with E-state index in [0.717, 1.165) is 17.8 Å². The molecule has 2 atom stereocenters. The minimum absolute atomic E-state index is 0.390. The second-order valence-electron chi connectivity index (χ2n) is 5.81. The Hall–Kier alpha value is 0.310. The molecule has 1 nitrogen and oxygen atoms in total. The van der Waals surface area contributed by atoms with E-state index in [1.54, 1.807) is 0 Å². The maximum Gasteiger partial charge on any atom is 0.00990 e. The molecular formula is C12H23NS. The van der Waals surface area contributed by atoms with E-state index in [2.05, 4.69) is 31.4 Å². The van der Waals surface area contributed by atoms with E-state index < -0.39 is 0 Å². The van der Waals surface area contributed by atoms with Crippen molar-refractivity contribution < 1.29 is 0 Å². The first-order valence-corrected chi connectivity index (χ1v) is 6.62. The third-order valence-electron chi connectivity index (χ3n) is 3.88. The van der Waals surface area contributed by atoms with E-state index in [-0.39, 0.29) is 0 Å². The molecule has 2 unspecified atom stereocenters. The summed E-state index contributed by atoms with van der Waals surface area (Å²) in [6.07, 6.45) is 7.26. The number of nitrogens with zero attached hydrogens (tertiary/aromatic N) is 1. The molecule has 2 heterocycles. The van der Waals surface area contributed by atoms with Gasteiger partial charge in [-0.25, -0.2) is 0 Å². The summed E-state index contributed by atoms with van der Waals surface area (Å²) in [6, 6.07) is 1.82. The van der Waals surface area contributed by atoms with Gasteiger partial charge < -0.3 is 0 Å². The largest absolute Gasteiger partial charge is 0.297 e.